The summed E-state index contributed by atoms with van der Waals surface area (Å²) in [7, 11) is 0. The molecular weight excluding hydrogens is 249 g/mol. The predicted molar refractivity (Wildman–Crippen MR) is 46.2 cm³/mol. The molecule has 0 aromatic heterocycles. The SMILES string of the molecule is FC(F)(F)C1CC(Cl)=C(Cl)N=C1Cl. The number of rotatable bonds is 0. The summed E-state index contributed by atoms with van der Waals surface area (Å²) in [6.45, 7) is 0. The van der Waals surface area contributed by atoms with Gasteiger partial charge in [0.1, 0.15) is 16.2 Å². The molecule has 1 atom stereocenters. The van der Waals surface area contributed by atoms with Gasteiger partial charge in [-0.2, -0.15) is 13.2 Å². The molecular formula is C6H3Cl3F3N. The highest BCUT2D eigenvalue weighted by atomic mass is 35.5. The molecule has 13 heavy (non-hydrogen) atoms. The number of hydrogen-bond donors (Lipinski definition) is 0. The second-order valence-corrected chi connectivity index (χ2v) is 3.63. The van der Waals surface area contributed by atoms with E-state index in [0.717, 1.165) is 0 Å². The highest BCUT2D eigenvalue weighted by molar-refractivity contribution is 6.66. The third kappa shape index (κ3) is 2.51. The first-order valence-electron chi connectivity index (χ1n) is 3.17. The first-order valence-corrected chi connectivity index (χ1v) is 4.30. The lowest BCUT2D eigenvalue weighted by Gasteiger charge is -2.21. The molecule has 0 spiro atoms. The zero-order valence-electron chi connectivity index (χ0n) is 6.00. The van der Waals surface area contributed by atoms with Gasteiger partial charge in [0.2, 0.25) is 0 Å². The van der Waals surface area contributed by atoms with Gasteiger partial charge in [-0.05, 0) is 0 Å². The van der Waals surface area contributed by atoms with Crippen LogP contribution in [0.4, 0.5) is 13.2 Å². The van der Waals surface area contributed by atoms with E-state index >= 15 is 0 Å². The maximum atomic E-state index is 12.2. The molecule has 74 valence electrons. The van der Waals surface area contributed by atoms with Crippen LogP contribution in [-0.4, -0.2) is 11.3 Å². The molecule has 0 aliphatic carbocycles. The Hall–Kier alpha value is 0.0700. The highest BCUT2D eigenvalue weighted by Crippen LogP contribution is 2.39. The van der Waals surface area contributed by atoms with Crippen LogP contribution in [0.15, 0.2) is 15.2 Å². The Morgan fingerprint density at radius 1 is 1.23 bits per heavy atom. The van der Waals surface area contributed by atoms with Gasteiger partial charge in [-0.15, -0.1) is 0 Å². The average Bonchev–Trinajstić information content (AvgIpc) is 1.94. The molecule has 1 nitrogen and oxygen atoms in total. The van der Waals surface area contributed by atoms with Gasteiger partial charge < -0.3 is 0 Å². The second-order valence-electron chi connectivity index (χ2n) is 2.43. The van der Waals surface area contributed by atoms with E-state index in [2.05, 4.69) is 4.99 Å². The van der Waals surface area contributed by atoms with Crippen LogP contribution in [0.2, 0.25) is 0 Å². The zero-order valence-corrected chi connectivity index (χ0v) is 8.27. The van der Waals surface area contributed by atoms with Crippen LogP contribution >= 0.6 is 34.8 Å². The van der Waals surface area contributed by atoms with Crippen LogP contribution in [0.5, 0.6) is 0 Å². The molecule has 0 saturated carbocycles. The summed E-state index contributed by atoms with van der Waals surface area (Å²) in [5, 5.41) is -0.859. The van der Waals surface area contributed by atoms with Crippen molar-refractivity contribution in [3.8, 4) is 0 Å². The monoisotopic (exact) mass is 251 g/mol. The normalized spacial score (nSPS) is 24.8. The summed E-state index contributed by atoms with van der Waals surface area (Å²) in [6, 6.07) is 0. The molecule has 0 N–H and O–H groups in total. The van der Waals surface area contributed by atoms with E-state index < -0.39 is 23.7 Å². The molecule has 1 rings (SSSR count). The fourth-order valence-electron chi connectivity index (χ4n) is 0.831. The Kier molecular flexibility index (Phi) is 3.15. The Morgan fingerprint density at radius 3 is 2.23 bits per heavy atom. The largest absolute Gasteiger partial charge is 0.398 e. The maximum absolute atomic E-state index is 12.2. The summed E-state index contributed by atoms with van der Waals surface area (Å²) < 4.78 is 36.6. The molecule has 0 bridgehead atoms. The van der Waals surface area contributed by atoms with E-state index in [1.54, 1.807) is 0 Å². The number of allylic oxidation sites excluding steroid dienone is 1. The van der Waals surface area contributed by atoms with Crippen molar-refractivity contribution in [2.24, 2.45) is 10.9 Å². The van der Waals surface area contributed by atoms with Crippen molar-refractivity contribution in [2.75, 3.05) is 0 Å². The zero-order chi connectivity index (χ0) is 10.2. The molecule has 0 amide bonds. The highest BCUT2D eigenvalue weighted by Gasteiger charge is 2.44. The number of halogens is 6. The Morgan fingerprint density at radius 2 is 1.77 bits per heavy atom. The molecule has 1 heterocycles. The van der Waals surface area contributed by atoms with Crippen LogP contribution in [0.25, 0.3) is 0 Å². The van der Waals surface area contributed by atoms with Crippen molar-refractivity contribution in [2.45, 2.75) is 12.6 Å². The number of nitrogens with zero attached hydrogens (tertiary/aromatic N) is 1. The Balaban J connectivity index is 2.94. The third-order valence-corrected chi connectivity index (χ3v) is 2.59. The van der Waals surface area contributed by atoms with E-state index in [1.165, 1.54) is 0 Å². The van der Waals surface area contributed by atoms with Crippen LogP contribution in [0.3, 0.4) is 0 Å². The number of hydrogen-bond acceptors (Lipinski definition) is 1. The first-order chi connectivity index (χ1) is 5.82. The molecule has 0 radical (unpaired) electrons. The molecule has 1 unspecified atom stereocenters. The van der Waals surface area contributed by atoms with Gasteiger partial charge in [0, 0.05) is 6.42 Å². The van der Waals surface area contributed by atoms with Gasteiger partial charge in [-0.25, -0.2) is 4.99 Å². The third-order valence-electron chi connectivity index (χ3n) is 1.49. The lowest BCUT2D eigenvalue weighted by atomic mass is 10.1. The minimum atomic E-state index is -4.43. The van der Waals surface area contributed by atoms with Gasteiger partial charge in [-0.3, -0.25) is 0 Å². The van der Waals surface area contributed by atoms with E-state index in [1.807, 2.05) is 0 Å². The van der Waals surface area contributed by atoms with Crippen LogP contribution in [0, 0.1) is 5.92 Å². The van der Waals surface area contributed by atoms with E-state index in [9.17, 15) is 13.2 Å². The fourth-order valence-corrected chi connectivity index (χ4v) is 1.52. The standard InChI is InChI=1S/C6H3Cl3F3N/c7-3-1-2(6(10,11)12)4(8)13-5(3)9/h2H,1H2. The van der Waals surface area contributed by atoms with Crippen molar-refractivity contribution in [3.63, 3.8) is 0 Å². The lowest BCUT2D eigenvalue weighted by molar-refractivity contribution is -0.154. The molecule has 1 aliphatic heterocycles. The minimum absolute atomic E-state index is 0.117. The number of alkyl halides is 3. The topological polar surface area (TPSA) is 12.4 Å². The van der Waals surface area contributed by atoms with Gasteiger partial charge in [0.15, 0.2) is 0 Å². The quantitative estimate of drug-likeness (QED) is 0.581. The summed E-state index contributed by atoms with van der Waals surface area (Å²) >= 11 is 16.1. The van der Waals surface area contributed by atoms with E-state index in [0.29, 0.717) is 0 Å². The molecule has 1 aliphatic rings. The van der Waals surface area contributed by atoms with E-state index in [-0.39, 0.29) is 10.2 Å². The average molecular weight is 252 g/mol. The predicted octanol–water partition coefficient (Wildman–Crippen LogP) is 3.85. The van der Waals surface area contributed by atoms with Gasteiger partial charge in [0.05, 0.1) is 5.03 Å². The summed E-state index contributed by atoms with van der Waals surface area (Å²) in [4.78, 5) is 3.29. The lowest BCUT2D eigenvalue weighted by Crippen LogP contribution is -2.29. The van der Waals surface area contributed by atoms with Crippen molar-refractivity contribution in [3.05, 3.63) is 10.2 Å². The van der Waals surface area contributed by atoms with Gasteiger partial charge in [-0.1, -0.05) is 34.8 Å². The van der Waals surface area contributed by atoms with Crippen LogP contribution < -0.4 is 0 Å². The van der Waals surface area contributed by atoms with Gasteiger partial charge >= 0.3 is 6.18 Å². The van der Waals surface area contributed by atoms with Gasteiger partial charge in [0.25, 0.3) is 0 Å². The smallest absolute Gasteiger partial charge is 0.227 e. The minimum Gasteiger partial charge on any atom is -0.227 e. The van der Waals surface area contributed by atoms with Crippen LogP contribution in [-0.2, 0) is 0 Å². The van der Waals surface area contributed by atoms with Crippen molar-refractivity contribution < 1.29 is 13.2 Å². The summed E-state index contributed by atoms with van der Waals surface area (Å²) in [6.07, 6.45) is -4.87. The fraction of sp³-hybridized carbons (Fsp3) is 0.500. The Bertz CT molecular complexity index is 281. The molecule has 0 aromatic carbocycles. The summed E-state index contributed by atoms with van der Waals surface area (Å²) in [5.41, 5.74) is 0. The number of aliphatic imine (C=N–C) groups is 1. The van der Waals surface area contributed by atoms with Crippen molar-refractivity contribution in [1.82, 2.24) is 0 Å². The van der Waals surface area contributed by atoms with Crippen molar-refractivity contribution >= 4 is 40.0 Å². The molecule has 7 heteroatoms. The van der Waals surface area contributed by atoms with Crippen LogP contribution in [0.1, 0.15) is 6.42 Å². The van der Waals surface area contributed by atoms with Crippen molar-refractivity contribution in [1.29, 1.82) is 0 Å². The van der Waals surface area contributed by atoms with E-state index in [4.69, 9.17) is 34.8 Å². The Labute approximate surface area is 87.2 Å². The first kappa shape index (κ1) is 11.1. The second kappa shape index (κ2) is 3.67. The molecule has 0 aromatic rings. The molecule has 0 fully saturated rings. The maximum Gasteiger partial charge on any atom is 0.398 e. The molecule has 0 saturated heterocycles. The summed E-state index contributed by atoms with van der Waals surface area (Å²) in [5.74, 6) is -1.83.